The lowest BCUT2D eigenvalue weighted by Crippen LogP contribution is -2.19. The van der Waals surface area contributed by atoms with Crippen molar-refractivity contribution in [1.29, 1.82) is 0 Å². The molecule has 0 amide bonds. The largest absolute Gasteiger partial charge is 0.387 e. The second-order valence-corrected chi connectivity index (χ2v) is 6.81. The van der Waals surface area contributed by atoms with E-state index in [1.165, 1.54) is 46.8 Å². The number of aliphatic hydroxyl groups excluding tert-OH is 1. The number of aliphatic hydroxyl groups is 1. The van der Waals surface area contributed by atoms with Crippen molar-refractivity contribution in [2.24, 2.45) is 5.92 Å². The van der Waals surface area contributed by atoms with E-state index in [2.05, 4.69) is 6.07 Å². The molecule has 1 fully saturated rings. The van der Waals surface area contributed by atoms with Crippen LogP contribution >= 0.6 is 23.1 Å². The molecule has 0 aromatic carbocycles. The number of aryl methyl sites for hydroxylation is 1. The molecule has 1 aromatic heterocycles. The molecular weight excluding hydrogens is 224 g/mol. The van der Waals surface area contributed by atoms with Crippen molar-refractivity contribution in [3.8, 4) is 0 Å². The number of thiophene rings is 1. The smallest absolute Gasteiger partial charge is 0.0910 e. The monoisotopic (exact) mass is 240 g/mol. The van der Waals surface area contributed by atoms with Gasteiger partial charge in [0, 0.05) is 15.5 Å². The topological polar surface area (TPSA) is 20.2 Å². The van der Waals surface area contributed by atoms with E-state index < -0.39 is 0 Å². The fourth-order valence-corrected chi connectivity index (χ4v) is 4.76. The van der Waals surface area contributed by atoms with Gasteiger partial charge in [0.05, 0.1) is 6.10 Å². The molecule has 0 spiro atoms. The van der Waals surface area contributed by atoms with Gasteiger partial charge in [-0.25, -0.2) is 0 Å². The van der Waals surface area contributed by atoms with Gasteiger partial charge in [0.25, 0.3) is 0 Å². The zero-order chi connectivity index (χ0) is 10.3. The number of hydrogen-bond donors (Lipinski definition) is 1. The third kappa shape index (κ3) is 1.85. The number of hydrogen-bond acceptors (Lipinski definition) is 3. The molecule has 1 saturated carbocycles. The highest BCUT2D eigenvalue weighted by molar-refractivity contribution is 7.98. The zero-order valence-corrected chi connectivity index (χ0v) is 10.4. The minimum absolute atomic E-state index is 0.167. The Labute approximate surface area is 98.9 Å². The lowest BCUT2D eigenvalue weighted by atomic mass is 9.80. The van der Waals surface area contributed by atoms with Gasteiger partial charge in [0.2, 0.25) is 0 Å². The van der Waals surface area contributed by atoms with Gasteiger partial charge in [-0.15, -0.1) is 11.3 Å². The van der Waals surface area contributed by atoms with Crippen molar-refractivity contribution in [2.75, 3.05) is 5.75 Å². The zero-order valence-electron chi connectivity index (χ0n) is 8.74. The molecule has 1 atom stereocenters. The minimum Gasteiger partial charge on any atom is -0.387 e. The number of rotatable bonds is 2. The fraction of sp³-hybridized carbons (Fsp3) is 0.667. The molecule has 1 nitrogen and oxygen atoms in total. The van der Waals surface area contributed by atoms with Crippen molar-refractivity contribution in [1.82, 2.24) is 0 Å². The van der Waals surface area contributed by atoms with Gasteiger partial charge in [-0.1, -0.05) is 6.42 Å². The van der Waals surface area contributed by atoms with Gasteiger partial charge in [-0.05, 0) is 42.6 Å². The van der Waals surface area contributed by atoms with E-state index in [-0.39, 0.29) is 6.10 Å². The Morgan fingerprint density at radius 3 is 2.93 bits per heavy atom. The van der Waals surface area contributed by atoms with Crippen molar-refractivity contribution in [3.05, 3.63) is 21.4 Å². The molecule has 0 saturated heterocycles. The van der Waals surface area contributed by atoms with E-state index in [1.54, 1.807) is 0 Å². The van der Waals surface area contributed by atoms with E-state index in [1.807, 2.05) is 23.1 Å². The standard InChI is InChI=1S/C12H16OS2/c13-12(8-2-1-3-8)11-6-9-7-14-5-4-10(9)15-11/h6,8,12-13H,1-5,7H2. The average Bonchev–Trinajstić information content (AvgIpc) is 2.58. The van der Waals surface area contributed by atoms with Gasteiger partial charge < -0.3 is 5.11 Å². The third-order valence-corrected chi connectivity index (χ3v) is 5.85. The highest BCUT2D eigenvalue weighted by Crippen LogP contribution is 2.42. The maximum absolute atomic E-state index is 10.2. The van der Waals surface area contributed by atoms with Crippen LogP contribution in [-0.2, 0) is 12.2 Å². The lowest BCUT2D eigenvalue weighted by molar-refractivity contribution is 0.0649. The summed E-state index contributed by atoms with van der Waals surface area (Å²) in [5.41, 5.74) is 1.49. The predicted molar refractivity (Wildman–Crippen MR) is 66.5 cm³/mol. The van der Waals surface area contributed by atoms with Crippen LogP contribution in [0.3, 0.4) is 0 Å². The first-order chi connectivity index (χ1) is 7.34. The van der Waals surface area contributed by atoms with Crippen LogP contribution in [0.5, 0.6) is 0 Å². The second-order valence-electron chi connectivity index (χ2n) is 4.54. The summed E-state index contributed by atoms with van der Waals surface area (Å²) in [4.78, 5) is 2.76. The Morgan fingerprint density at radius 2 is 2.27 bits per heavy atom. The second kappa shape index (κ2) is 4.11. The van der Waals surface area contributed by atoms with E-state index in [4.69, 9.17) is 0 Å². The van der Waals surface area contributed by atoms with E-state index in [0.717, 1.165) is 5.75 Å². The van der Waals surface area contributed by atoms with Crippen molar-refractivity contribution >= 4 is 23.1 Å². The van der Waals surface area contributed by atoms with Crippen molar-refractivity contribution < 1.29 is 5.11 Å². The highest BCUT2D eigenvalue weighted by atomic mass is 32.2. The van der Waals surface area contributed by atoms with Crippen LogP contribution in [0.25, 0.3) is 0 Å². The molecule has 2 aliphatic rings. The fourth-order valence-electron chi connectivity index (χ4n) is 2.30. The van der Waals surface area contributed by atoms with Crippen LogP contribution in [0.15, 0.2) is 6.07 Å². The van der Waals surface area contributed by atoms with Crippen LogP contribution in [0.2, 0.25) is 0 Å². The summed E-state index contributed by atoms with van der Waals surface area (Å²) in [6.45, 7) is 0. The summed E-state index contributed by atoms with van der Waals surface area (Å²) in [7, 11) is 0. The summed E-state index contributed by atoms with van der Waals surface area (Å²) < 4.78 is 0. The van der Waals surface area contributed by atoms with Gasteiger partial charge in [-0.2, -0.15) is 11.8 Å². The van der Waals surface area contributed by atoms with Gasteiger partial charge >= 0.3 is 0 Å². The molecular formula is C12H16OS2. The van der Waals surface area contributed by atoms with E-state index in [0.29, 0.717) is 5.92 Å². The molecule has 1 N–H and O–H groups in total. The Hall–Kier alpha value is 0.01000. The Balaban J connectivity index is 1.82. The Bertz CT molecular complexity index is 331. The quantitative estimate of drug-likeness (QED) is 0.855. The summed E-state index contributed by atoms with van der Waals surface area (Å²) in [5, 5.41) is 10.2. The molecule has 1 aliphatic carbocycles. The van der Waals surface area contributed by atoms with Crippen LogP contribution in [0, 0.1) is 5.92 Å². The molecule has 15 heavy (non-hydrogen) atoms. The first kappa shape index (κ1) is 10.2. The molecule has 82 valence electrons. The van der Waals surface area contributed by atoms with Crippen molar-refractivity contribution in [3.63, 3.8) is 0 Å². The molecule has 0 bridgehead atoms. The molecule has 1 unspecified atom stereocenters. The van der Waals surface area contributed by atoms with Gasteiger partial charge in [-0.3, -0.25) is 0 Å². The number of fused-ring (bicyclic) bond motifs is 1. The molecule has 2 heterocycles. The van der Waals surface area contributed by atoms with Gasteiger partial charge in [0.15, 0.2) is 0 Å². The minimum atomic E-state index is -0.167. The van der Waals surface area contributed by atoms with E-state index >= 15 is 0 Å². The molecule has 0 radical (unpaired) electrons. The van der Waals surface area contributed by atoms with Gasteiger partial charge in [0.1, 0.15) is 0 Å². The van der Waals surface area contributed by atoms with Crippen LogP contribution in [-0.4, -0.2) is 10.9 Å². The molecule has 3 rings (SSSR count). The lowest BCUT2D eigenvalue weighted by Gasteiger charge is -2.29. The maximum atomic E-state index is 10.2. The van der Waals surface area contributed by atoms with Crippen LogP contribution < -0.4 is 0 Å². The van der Waals surface area contributed by atoms with Crippen LogP contribution in [0.1, 0.15) is 40.7 Å². The Morgan fingerprint density at radius 1 is 1.40 bits per heavy atom. The Kier molecular flexibility index (Phi) is 2.79. The summed E-state index contributed by atoms with van der Waals surface area (Å²) >= 11 is 3.87. The maximum Gasteiger partial charge on any atom is 0.0910 e. The SMILES string of the molecule is OC(c1cc2c(s1)CCSC2)C1CCC1. The van der Waals surface area contributed by atoms with Crippen molar-refractivity contribution in [2.45, 2.75) is 37.5 Å². The van der Waals surface area contributed by atoms with E-state index in [9.17, 15) is 5.11 Å². The number of thioether (sulfide) groups is 1. The molecule has 3 heteroatoms. The predicted octanol–water partition coefficient (Wildman–Crippen LogP) is 3.37. The summed E-state index contributed by atoms with van der Waals surface area (Å²) in [6.07, 6.45) is 4.79. The first-order valence-corrected chi connectivity index (χ1v) is 7.69. The highest BCUT2D eigenvalue weighted by Gasteiger charge is 2.28. The first-order valence-electron chi connectivity index (χ1n) is 5.72. The molecule has 1 aliphatic heterocycles. The average molecular weight is 240 g/mol. The summed E-state index contributed by atoms with van der Waals surface area (Å²) in [6, 6.07) is 2.26. The normalized spacial score (nSPS) is 23.3. The van der Waals surface area contributed by atoms with Crippen LogP contribution in [0.4, 0.5) is 0 Å². The summed E-state index contributed by atoms with van der Waals surface area (Å²) in [5.74, 6) is 2.97. The third-order valence-electron chi connectivity index (χ3n) is 3.53. The molecule has 1 aromatic rings.